The van der Waals surface area contributed by atoms with Crippen LogP contribution in [0.3, 0.4) is 0 Å². The number of carbonyl (C=O) groups excluding carboxylic acids is 8. The lowest BCUT2D eigenvalue weighted by Gasteiger charge is -2.31. The van der Waals surface area contributed by atoms with Crippen molar-refractivity contribution in [2.24, 2.45) is 11.8 Å². The molecule has 2 aromatic carbocycles. The summed E-state index contributed by atoms with van der Waals surface area (Å²) in [4.78, 5) is 117. The van der Waals surface area contributed by atoms with Gasteiger partial charge in [0.1, 0.15) is 47.6 Å². The summed E-state index contributed by atoms with van der Waals surface area (Å²) in [5, 5.41) is 40.6. The molecule has 7 rings (SSSR count). The SMILES string of the molecule is CN[C@@H](C)C(=O)N[C@H](C(=O)N1C[C@@H]2C[C@H]1C(=O)N[C@@H](Cc1ccccc1)C(=O)NCc1cn(nn1)[C@H]1C[C@@H](C(=O)N[C@@H](Cc3ccccc3)C(=O)NCc3cn2nn3)N(C(=O)[C@@H](NC(=O)[C@H](C)NC)C(C)C)C1)C(C)C. The van der Waals surface area contributed by atoms with Crippen LogP contribution in [0.4, 0.5) is 0 Å². The average molecular weight is 1050 g/mol. The Morgan fingerprint density at radius 1 is 0.566 bits per heavy atom. The Morgan fingerprint density at radius 3 is 1.28 bits per heavy atom. The number of nitrogens with one attached hydrogen (secondary N) is 8. The molecule has 0 saturated carbocycles. The summed E-state index contributed by atoms with van der Waals surface area (Å²) in [7, 11) is 3.26. The van der Waals surface area contributed by atoms with Crippen molar-refractivity contribution in [2.75, 3.05) is 27.2 Å². The lowest BCUT2D eigenvalue weighted by molar-refractivity contribution is -0.143. The van der Waals surface area contributed by atoms with Crippen molar-refractivity contribution in [3.63, 3.8) is 0 Å². The highest BCUT2D eigenvalue weighted by molar-refractivity contribution is 5.97. The van der Waals surface area contributed by atoms with Crippen LogP contribution in [0.25, 0.3) is 0 Å². The van der Waals surface area contributed by atoms with Gasteiger partial charge in [0.15, 0.2) is 0 Å². The van der Waals surface area contributed by atoms with Crippen LogP contribution in [0.5, 0.6) is 0 Å². The van der Waals surface area contributed by atoms with Gasteiger partial charge in [-0.2, -0.15) is 0 Å². The third-order valence-corrected chi connectivity index (χ3v) is 14.4. The second kappa shape index (κ2) is 25.3. The van der Waals surface area contributed by atoms with Crippen LogP contribution in [0.2, 0.25) is 0 Å². The predicted octanol–water partition coefficient (Wildman–Crippen LogP) is -0.948. The molecule has 5 heterocycles. The van der Waals surface area contributed by atoms with Gasteiger partial charge in [-0.15, -0.1) is 10.2 Å². The lowest BCUT2D eigenvalue weighted by atomic mass is 10.0. The number of amides is 8. The van der Waals surface area contributed by atoms with E-state index in [4.69, 9.17) is 0 Å². The van der Waals surface area contributed by atoms with Gasteiger partial charge in [-0.25, -0.2) is 9.36 Å². The Hall–Kier alpha value is -7.60. The van der Waals surface area contributed by atoms with Crippen LogP contribution >= 0.6 is 0 Å². The number of nitrogens with zero attached hydrogens (tertiary/aromatic N) is 8. The zero-order chi connectivity index (χ0) is 54.8. The highest BCUT2D eigenvalue weighted by atomic mass is 16.2. The third-order valence-electron chi connectivity index (χ3n) is 14.4. The van der Waals surface area contributed by atoms with Gasteiger partial charge in [-0.1, -0.05) is 98.8 Å². The molecule has 3 aliphatic rings. The largest absolute Gasteiger partial charge is 0.349 e. The summed E-state index contributed by atoms with van der Waals surface area (Å²) >= 11 is 0. The van der Waals surface area contributed by atoms with Crippen LogP contribution in [0.1, 0.15) is 89.0 Å². The fourth-order valence-electron chi connectivity index (χ4n) is 9.60. The number of hydrogen-bond acceptors (Lipinski definition) is 14. The molecule has 0 spiro atoms. The molecule has 76 heavy (non-hydrogen) atoms. The van der Waals surface area contributed by atoms with Crippen molar-refractivity contribution in [3.8, 4) is 0 Å². The number of benzene rings is 2. The smallest absolute Gasteiger partial charge is 0.246 e. The van der Waals surface area contributed by atoms with Crippen LogP contribution in [0.15, 0.2) is 73.1 Å². The Kier molecular flexibility index (Phi) is 18.7. The van der Waals surface area contributed by atoms with E-state index in [1.165, 1.54) is 19.2 Å². The van der Waals surface area contributed by atoms with E-state index in [0.717, 1.165) is 11.1 Å². The van der Waals surface area contributed by atoms with Gasteiger partial charge < -0.3 is 52.3 Å². The quantitative estimate of drug-likeness (QED) is 0.0756. The van der Waals surface area contributed by atoms with E-state index >= 15 is 0 Å². The van der Waals surface area contributed by atoms with Crippen LogP contribution in [-0.2, 0) is 64.3 Å². The Labute approximate surface area is 442 Å². The monoisotopic (exact) mass is 1050 g/mol. The van der Waals surface area contributed by atoms with E-state index < -0.39 is 108 Å². The zero-order valence-corrected chi connectivity index (χ0v) is 44.4. The van der Waals surface area contributed by atoms with Crippen LogP contribution in [-0.4, -0.2) is 163 Å². The Bertz CT molecular complexity index is 2520. The van der Waals surface area contributed by atoms with Crippen molar-refractivity contribution < 1.29 is 38.4 Å². The molecule has 408 valence electrons. The van der Waals surface area contributed by atoms with Crippen LogP contribution in [0, 0.1) is 11.8 Å². The molecule has 2 saturated heterocycles. The minimum Gasteiger partial charge on any atom is -0.349 e. The van der Waals surface area contributed by atoms with Crippen molar-refractivity contribution in [1.29, 1.82) is 0 Å². The van der Waals surface area contributed by atoms with Gasteiger partial charge in [0, 0.05) is 38.8 Å². The summed E-state index contributed by atoms with van der Waals surface area (Å²) in [5.74, 6) is -4.83. The highest BCUT2D eigenvalue weighted by Crippen LogP contribution is 2.31. The maximum atomic E-state index is 14.7. The predicted molar refractivity (Wildman–Crippen MR) is 277 cm³/mol. The molecule has 8 bridgehead atoms. The van der Waals surface area contributed by atoms with Crippen molar-refractivity contribution in [1.82, 2.24) is 82.3 Å². The first-order valence-corrected chi connectivity index (χ1v) is 26.0. The number of likely N-dealkylation sites (tertiary alicyclic amines) is 2. The van der Waals surface area contributed by atoms with Gasteiger partial charge in [0.05, 0.1) is 49.7 Å². The fraction of sp³-hybridized carbons (Fsp3) is 0.538. The molecule has 8 amide bonds. The van der Waals surface area contributed by atoms with Gasteiger partial charge >= 0.3 is 0 Å². The third kappa shape index (κ3) is 13.6. The van der Waals surface area contributed by atoms with E-state index in [1.807, 2.05) is 60.7 Å². The number of rotatable bonds is 14. The summed E-state index contributed by atoms with van der Waals surface area (Å²) in [5.41, 5.74) is 2.18. The van der Waals surface area contributed by atoms with E-state index in [1.54, 1.807) is 68.0 Å². The molecule has 10 atom stereocenters. The topological polar surface area (TPSA) is 301 Å². The maximum Gasteiger partial charge on any atom is 0.246 e. The lowest BCUT2D eigenvalue weighted by Crippen LogP contribution is -2.58. The molecule has 24 nitrogen and oxygen atoms in total. The summed E-state index contributed by atoms with van der Waals surface area (Å²) in [6.45, 7) is 10.3. The molecule has 24 heteroatoms. The minimum absolute atomic E-state index is 0.00975. The molecule has 8 N–H and O–H groups in total. The highest BCUT2D eigenvalue weighted by Gasteiger charge is 2.47. The van der Waals surface area contributed by atoms with Crippen LogP contribution < -0.4 is 42.5 Å². The molecule has 2 aromatic heterocycles. The second-order valence-corrected chi connectivity index (χ2v) is 20.6. The van der Waals surface area contributed by atoms with E-state index in [9.17, 15) is 38.4 Å². The molecule has 0 aliphatic carbocycles. The number of carbonyl (C=O) groups is 8. The van der Waals surface area contributed by atoms with Crippen molar-refractivity contribution in [3.05, 3.63) is 95.6 Å². The maximum absolute atomic E-state index is 14.7. The first-order chi connectivity index (χ1) is 36.3. The Morgan fingerprint density at radius 2 is 0.934 bits per heavy atom. The fourth-order valence-corrected chi connectivity index (χ4v) is 9.60. The van der Waals surface area contributed by atoms with Crippen molar-refractivity contribution >= 4 is 47.3 Å². The zero-order valence-electron chi connectivity index (χ0n) is 44.4. The molecular weight excluding hydrogens is 977 g/mol. The normalized spacial score (nSPS) is 23.1. The van der Waals surface area contributed by atoms with E-state index in [2.05, 4.69) is 63.2 Å². The van der Waals surface area contributed by atoms with Gasteiger partial charge in [0.25, 0.3) is 0 Å². The number of fused-ring (bicyclic) bond motifs is 10. The molecular formula is C52H72N16O8. The van der Waals surface area contributed by atoms with E-state index in [-0.39, 0.29) is 63.7 Å². The first-order valence-electron chi connectivity index (χ1n) is 26.0. The summed E-state index contributed by atoms with van der Waals surface area (Å²) < 4.78 is 3.05. The molecule has 0 unspecified atom stereocenters. The van der Waals surface area contributed by atoms with Crippen molar-refractivity contribution in [2.45, 2.75) is 141 Å². The molecule has 0 radical (unpaired) electrons. The second-order valence-electron chi connectivity index (χ2n) is 20.6. The molecule has 3 aliphatic heterocycles. The van der Waals surface area contributed by atoms with Gasteiger partial charge in [0.2, 0.25) is 47.3 Å². The number of aromatic nitrogens is 6. The number of hydrogen-bond donors (Lipinski definition) is 8. The van der Waals surface area contributed by atoms with Gasteiger partial charge in [-0.3, -0.25) is 38.4 Å². The standard InChI is InChI=1S/C52H72N16O8/c1-29(2)43(59-45(69)31(5)53-7)51(75)65-27-37-21-41(65)49(73)57-39(19-33-15-11-9-12-16-33)47(71)55-24-36-26-68(64-62-36)38-22-42(66(28-38)52(76)44(30(3)4)60-46(70)32(6)54-8)50(74)58-40(20-34-17-13-10-14-18-34)48(72)56-23-35-25-67(37)63-61-35/h9-18,25-26,29-32,37-44,53-54H,19-24,27-28H2,1-8H3,(H,55,71)(H,56,72)(H,57,73)(H,58,74)(H,59,69)(H,60,70)/t31-,32-,37-,38-,39-,40-,41-,42-,43-,44-/m0/s1. The number of likely N-dealkylation sites (N-methyl/N-ethyl adjacent to an activating group) is 2. The molecule has 4 aromatic rings. The summed E-state index contributed by atoms with van der Waals surface area (Å²) in [6, 6.07) is 9.34. The molecule has 2 fully saturated rings. The Balaban J connectivity index is 1.24. The summed E-state index contributed by atoms with van der Waals surface area (Å²) in [6.07, 6.45) is 3.52. The average Bonchev–Trinajstić information content (AvgIpc) is 4.26. The van der Waals surface area contributed by atoms with Gasteiger partial charge in [-0.05, 0) is 50.9 Å². The first kappa shape index (κ1) is 56.1. The van der Waals surface area contributed by atoms with E-state index in [0.29, 0.717) is 11.4 Å². The minimum atomic E-state index is -1.13.